The lowest BCUT2D eigenvalue weighted by Gasteiger charge is -2.22. The van der Waals surface area contributed by atoms with Gasteiger partial charge in [-0.3, -0.25) is 9.59 Å². The quantitative estimate of drug-likeness (QED) is 0.0321. The average molecular weight is 889 g/mol. The van der Waals surface area contributed by atoms with Crippen molar-refractivity contribution in [3.8, 4) is 0 Å². The average Bonchev–Trinajstić information content (AvgIpc) is 3.28. The van der Waals surface area contributed by atoms with Crippen LogP contribution in [0.1, 0.15) is 303 Å². The van der Waals surface area contributed by atoms with Gasteiger partial charge < -0.3 is 20.3 Å². The summed E-state index contributed by atoms with van der Waals surface area (Å²) in [4.78, 5) is 24.5. The zero-order chi connectivity index (χ0) is 45.8. The highest BCUT2D eigenvalue weighted by molar-refractivity contribution is 5.76. The van der Waals surface area contributed by atoms with Crippen LogP contribution < -0.4 is 5.32 Å². The predicted octanol–water partition coefficient (Wildman–Crippen LogP) is 17.1. The molecule has 0 spiro atoms. The van der Waals surface area contributed by atoms with E-state index >= 15 is 0 Å². The van der Waals surface area contributed by atoms with Crippen molar-refractivity contribution in [2.45, 2.75) is 315 Å². The molecule has 0 radical (unpaired) electrons. The third-order valence-corrected chi connectivity index (χ3v) is 13.0. The van der Waals surface area contributed by atoms with Gasteiger partial charge in [-0.2, -0.15) is 0 Å². The van der Waals surface area contributed by atoms with Crippen molar-refractivity contribution >= 4 is 11.9 Å². The van der Waals surface area contributed by atoms with Crippen LogP contribution in [-0.4, -0.2) is 47.4 Å². The SMILES string of the molecule is CCCCC/C=C\C/C=C\CCCCCCCC(=O)OCCCCCCCCCCCCCCCCCCCC(=O)NC(CO)C(O)CCCCCCCCCCCCCCCC. The first-order valence-corrected chi connectivity index (χ1v) is 28.1. The van der Waals surface area contributed by atoms with Crippen LogP contribution in [0.2, 0.25) is 0 Å². The molecule has 0 saturated heterocycles. The van der Waals surface area contributed by atoms with E-state index in [1.165, 1.54) is 218 Å². The van der Waals surface area contributed by atoms with Crippen molar-refractivity contribution in [3.63, 3.8) is 0 Å². The van der Waals surface area contributed by atoms with E-state index in [0.717, 1.165) is 51.4 Å². The summed E-state index contributed by atoms with van der Waals surface area (Å²) >= 11 is 0. The number of ether oxygens (including phenoxy) is 1. The molecule has 0 aromatic heterocycles. The second-order valence-corrected chi connectivity index (χ2v) is 19.3. The molecule has 0 aliphatic rings. The fraction of sp³-hybridized carbons (Fsp3) is 0.895. The molecule has 6 heteroatoms. The Morgan fingerprint density at radius 2 is 0.794 bits per heavy atom. The van der Waals surface area contributed by atoms with Crippen LogP contribution in [0.5, 0.6) is 0 Å². The smallest absolute Gasteiger partial charge is 0.305 e. The number of allylic oxidation sites excluding steroid dienone is 4. The van der Waals surface area contributed by atoms with Gasteiger partial charge >= 0.3 is 5.97 Å². The van der Waals surface area contributed by atoms with Crippen molar-refractivity contribution in [2.24, 2.45) is 0 Å². The number of esters is 1. The van der Waals surface area contributed by atoms with Gasteiger partial charge in [0.25, 0.3) is 0 Å². The highest BCUT2D eigenvalue weighted by Crippen LogP contribution is 2.17. The number of carbonyl (C=O) groups excluding carboxylic acids is 2. The molecule has 2 unspecified atom stereocenters. The predicted molar refractivity (Wildman–Crippen MR) is 273 cm³/mol. The summed E-state index contributed by atoms with van der Waals surface area (Å²) < 4.78 is 5.47. The fourth-order valence-electron chi connectivity index (χ4n) is 8.67. The maximum Gasteiger partial charge on any atom is 0.305 e. The van der Waals surface area contributed by atoms with Crippen molar-refractivity contribution in [3.05, 3.63) is 24.3 Å². The highest BCUT2D eigenvalue weighted by atomic mass is 16.5. The molecule has 0 saturated carbocycles. The number of hydrogen-bond acceptors (Lipinski definition) is 5. The van der Waals surface area contributed by atoms with E-state index < -0.39 is 12.1 Å². The van der Waals surface area contributed by atoms with Gasteiger partial charge in [-0.1, -0.05) is 256 Å². The molecule has 0 bridgehead atoms. The third kappa shape index (κ3) is 49.6. The minimum Gasteiger partial charge on any atom is -0.466 e. The van der Waals surface area contributed by atoms with Gasteiger partial charge in [-0.05, 0) is 57.8 Å². The number of aliphatic hydroxyl groups is 2. The van der Waals surface area contributed by atoms with E-state index in [1.54, 1.807) is 0 Å². The monoisotopic (exact) mass is 888 g/mol. The Balaban J connectivity index is 3.42. The van der Waals surface area contributed by atoms with Gasteiger partial charge in [0.1, 0.15) is 0 Å². The molecule has 372 valence electrons. The Morgan fingerprint density at radius 1 is 0.444 bits per heavy atom. The van der Waals surface area contributed by atoms with Gasteiger partial charge in [0, 0.05) is 12.8 Å². The molecule has 3 N–H and O–H groups in total. The molecule has 2 atom stereocenters. The molecule has 0 aliphatic heterocycles. The Hall–Kier alpha value is -1.66. The van der Waals surface area contributed by atoms with Crippen molar-refractivity contribution in [2.75, 3.05) is 13.2 Å². The molecular formula is C57H109NO5. The largest absolute Gasteiger partial charge is 0.466 e. The summed E-state index contributed by atoms with van der Waals surface area (Å²) in [5, 5.41) is 23.2. The van der Waals surface area contributed by atoms with Crippen LogP contribution in [0.3, 0.4) is 0 Å². The molecule has 0 aromatic rings. The van der Waals surface area contributed by atoms with E-state index in [2.05, 4.69) is 43.5 Å². The van der Waals surface area contributed by atoms with Crippen molar-refractivity contribution in [1.82, 2.24) is 5.32 Å². The lowest BCUT2D eigenvalue weighted by molar-refractivity contribution is -0.143. The minimum atomic E-state index is -0.667. The van der Waals surface area contributed by atoms with Gasteiger partial charge in [0.2, 0.25) is 5.91 Å². The first-order valence-electron chi connectivity index (χ1n) is 28.1. The number of aliphatic hydroxyl groups excluding tert-OH is 2. The number of nitrogens with one attached hydrogen (secondary N) is 1. The second kappa shape index (κ2) is 53.0. The molecule has 0 fully saturated rings. The Bertz CT molecular complexity index is 982. The summed E-state index contributed by atoms with van der Waals surface area (Å²) in [5.41, 5.74) is 0. The van der Waals surface area contributed by atoms with Gasteiger partial charge in [-0.15, -0.1) is 0 Å². The van der Waals surface area contributed by atoms with Gasteiger partial charge in [0.15, 0.2) is 0 Å². The van der Waals surface area contributed by atoms with Crippen LogP contribution in [0.4, 0.5) is 0 Å². The van der Waals surface area contributed by atoms with Crippen molar-refractivity contribution < 1.29 is 24.5 Å². The lowest BCUT2D eigenvalue weighted by Crippen LogP contribution is -2.45. The summed E-state index contributed by atoms with van der Waals surface area (Å²) in [5.74, 6) is -0.0483. The third-order valence-electron chi connectivity index (χ3n) is 13.0. The highest BCUT2D eigenvalue weighted by Gasteiger charge is 2.20. The normalized spacial score (nSPS) is 12.8. The van der Waals surface area contributed by atoms with E-state index in [0.29, 0.717) is 25.9 Å². The lowest BCUT2D eigenvalue weighted by atomic mass is 10.0. The summed E-state index contributed by atoms with van der Waals surface area (Å²) in [7, 11) is 0. The molecule has 6 nitrogen and oxygen atoms in total. The van der Waals surface area contributed by atoms with E-state index in [1.807, 2.05) is 0 Å². The van der Waals surface area contributed by atoms with E-state index in [9.17, 15) is 19.8 Å². The van der Waals surface area contributed by atoms with E-state index in [4.69, 9.17) is 4.74 Å². The first kappa shape index (κ1) is 61.3. The maximum absolute atomic E-state index is 12.5. The Kier molecular flexibility index (Phi) is 51.6. The van der Waals surface area contributed by atoms with Crippen LogP contribution >= 0.6 is 0 Å². The van der Waals surface area contributed by atoms with Crippen LogP contribution in [0, 0.1) is 0 Å². The first-order chi connectivity index (χ1) is 31.0. The summed E-state index contributed by atoms with van der Waals surface area (Å²) in [6.45, 7) is 4.92. The molecule has 63 heavy (non-hydrogen) atoms. The van der Waals surface area contributed by atoms with Crippen LogP contribution in [-0.2, 0) is 14.3 Å². The number of carbonyl (C=O) groups is 2. The number of hydrogen-bond donors (Lipinski definition) is 3. The molecular weight excluding hydrogens is 779 g/mol. The number of rotatable bonds is 52. The van der Waals surface area contributed by atoms with Gasteiger partial charge in [-0.25, -0.2) is 0 Å². The molecule has 0 heterocycles. The van der Waals surface area contributed by atoms with Crippen LogP contribution in [0.25, 0.3) is 0 Å². The Labute approximate surface area is 392 Å². The summed E-state index contributed by atoms with van der Waals surface area (Å²) in [6, 6.07) is -0.545. The maximum atomic E-state index is 12.5. The van der Waals surface area contributed by atoms with Gasteiger partial charge in [0.05, 0.1) is 25.4 Å². The topological polar surface area (TPSA) is 95.9 Å². The molecule has 1 amide bonds. The molecule has 0 aromatic carbocycles. The zero-order valence-corrected chi connectivity index (χ0v) is 42.3. The second-order valence-electron chi connectivity index (χ2n) is 19.3. The van der Waals surface area contributed by atoms with E-state index in [-0.39, 0.29) is 18.5 Å². The number of amides is 1. The summed E-state index contributed by atoms with van der Waals surface area (Å²) in [6.07, 6.45) is 63.0. The standard InChI is InChI=1S/C57H109NO5/c1-3-5-7-9-11-13-15-17-22-27-31-35-39-43-47-51-57(62)63-52-48-44-40-36-32-28-24-21-19-20-23-26-30-34-38-42-46-50-56(61)58-54(53-59)55(60)49-45-41-37-33-29-25-18-16-14-12-10-8-6-4-2/h11,13,17,22,54-55,59-60H,3-10,12,14-16,18-21,23-53H2,1-2H3,(H,58,61)/b13-11-,22-17-. The zero-order valence-electron chi connectivity index (χ0n) is 42.3. The fourth-order valence-corrected chi connectivity index (χ4v) is 8.67. The molecule has 0 aliphatic carbocycles. The molecule has 0 rings (SSSR count). The van der Waals surface area contributed by atoms with Crippen LogP contribution in [0.15, 0.2) is 24.3 Å². The Morgan fingerprint density at radius 3 is 1.24 bits per heavy atom. The number of unbranched alkanes of at least 4 members (excludes halogenated alkanes) is 37. The van der Waals surface area contributed by atoms with Crippen molar-refractivity contribution in [1.29, 1.82) is 0 Å². The minimum absolute atomic E-state index is 0.00847.